The van der Waals surface area contributed by atoms with Crippen LogP contribution in [0.1, 0.15) is 316 Å². The fraction of sp³-hybridized carbons (Fsp3) is 0.930. The van der Waals surface area contributed by atoms with E-state index in [0.717, 1.165) is 51.4 Å². The third-order valence-electron chi connectivity index (χ3n) is 13.3. The molecule has 0 saturated heterocycles. The lowest BCUT2D eigenvalue weighted by atomic mass is 10.0. The first kappa shape index (κ1) is 61.6. The van der Waals surface area contributed by atoms with Gasteiger partial charge >= 0.3 is 5.97 Å². The maximum absolute atomic E-state index is 13.2. The molecule has 0 aromatic rings. The van der Waals surface area contributed by atoms with Crippen molar-refractivity contribution in [2.45, 2.75) is 334 Å². The van der Waals surface area contributed by atoms with Crippen LogP contribution in [0.3, 0.4) is 0 Å². The van der Waals surface area contributed by atoms with Crippen molar-refractivity contribution in [1.29, 1.82) is 0 Å². The number of ether oxygens (including phenoxy) is 1. The Morgan fingerprint density at radius 1 is 0.444 bits per heavy atom. The van der Waals surface area contributed by atoms with Crippen LogP contribution in [0.4, 0.5) is 0 Å². The number of unbranched alkanes of at least 4 members (excludes halogenated alkanes) is 38. The number of carbonyl (C=O) groups is 2. The number of hydrogen-bond donors (Lipinski definition) is 3. The van der Waals surface area contributed by atoms with E-state index in [1.807, 2.05) is 0 Å². The molecule has 3 atom stereocenters. The van der Waals surface area contributed by atoms with E-state index in [1.165, 1.54) is 218 Å². The van der Waals surface area contributed by atoms with Gasteiger partial charge in [-0.15, -0.1) is 0 Å². The highest BCUT2D eigenvalue weighted by Crippen LogP contribution is 2.19. The molecule has 0 radical (unpaired) electrons. The lowest BCUT2D eigenvalue weighted by Gasteiger charge is -2.24. The van der Waals surface area contributed by atoms with Crippen molar-refractivity contribution < 1.29 is 24.5 Å². The summed E-state index contributed by atoms with van der Waals surface area (Å²) in [6, 6.07) is -0.697. The molecule has 0 aromatic carbocycles. The second kappa shape index (κ2) is 51.6. The fourth-order valence-electron chi connectivity index (χ4n) is 9.02. The van der Waals surface area contributed by atoms with Crippen molar-refractivity contribution in [2.75, 3.05) is 6.61 Å². The Bertz CT molecular complexity index is 955. The van der Waals surface area contributed by atoms with Crippen LogP contribution in [0.25, 0.3) is 0 Å². The lowest BCUT2D eigenvalue weighted by molar-refractivity contribution is -0.151. The molecule has 374 valence electrons. The second-order valence-corrected chi connectivity index (χ2v) is 19.7. The van der Waals surface area contributed by atoms with Crippen LogP contribution < -0.4 is 5.32 Å². The van der Waals surface area contributed by atoms with Crippen LogP contribution in [0.15, 0.2) is 12.2 Å². The summed E-state index contributed by atoms with van der Waals surface area (Å²) in [7, 11) is 0. The summed E-state index contributed by atoms with van der Waals surface area (Å²) in [6.45, 7) is 6.50. The van der Waals surface area contributed by atoms with E-state index in [0.29, 0.717) is 19.3 Å². The molecule has 0 aromatic heterocycles. The minimum absolute atomic E-state index is 0.0820. The predicted octanol–water partition coefficient (Wildman–Crippen LogP) is 17.3. The smallest absolute Gasteiger partial charge is 0.306 e. The average Bonchev–Trinajstić information content (AvgIpc) is 3.28. The first-order valence-corrected chi connectivity index (χ1v) is 28.4. The standard InChI is InChI=1S/C57H111NO5/c1-4-7-10-13-16-19-22-25-27-28-30-32-34-37-40-43-46-49-55(60)54(52-59)58-56(61)51-53(48-45-42-39-36-33-31-29-26-23-20-17-14-11-8-5-2)63-57(62)50-47-44-41-38-35-24-21-18-15-12-9-6-3/h18,21,53-55,59-60H,4-17,19-20,22-52H2,1-3H3,(H,58,61)/b21-18-. The molecule has 0 aliphatic heterocycles. The van der Waals surface area contributed by atoms with Crippen molar-refractivity contribution in [3.05, 3.63) is 12.2 Å². The third kappa shape index (κ3) is 46.9. The molecule has 0 heterocycles. The molecule has 6 nitrogen and oxygen atoms in total. The van der Waals surface area contributed by atoms with Gasteiger partial charge in [0.1, 0.15) is 6.10 Å². The van der Waals surface area contributed by atoms with Gasteiger partial charge in [0, 0.05) is 6.42 Å². The number of rotatable bonds is 52. The number of carbonyl (C=O) groups excluding carboxylic acids is 2. The Balaban J connectivity index is 4.47. The lowest BCUT2D eigenvalue weighted by Crippen LogP contribution is -2.46. The molecule has 3 unspecified atom stereocenters. The topological polar surface area (TPSA) is 95.9 Å². The van der Waals surface area contributed by atoms with Crippen LogP contribution in [-0.2, 0) is 14.3 Å². The van der Waals surface area contributed by atoms with Gasteiger partial charge in [0.15, 0.2) is 0 Å². The minimum Gasteiger partial charge on any atom is -0.462 e. The molecule has 0 fully saturated rings. The molecule has 0 spiro atoms. The van der Waals surface area contributed by atoms with Gasteiger partial charge in [-0.25, -0.2) is 0 Å². The fourth-order valence-corrected chi connectivity index (χ4v) is 9.02. The summed E-state index contributed by atoms with van der Waals surface area (Å²) in [5, 5.41) is 23.9. The van der Waals surface area contributed by atoms with Gasteiger partial charge in [-0.3, -0.25) is 9.59 Å². The highest BCUT2D eigenvalue weighted by Gasteiger charge is 2.24. The highest BCUT2D eigenvalue weighted by atomic mass is 16.5. The highest BCUT2D eigenvalue weighted by molar-refractivity contribution is 5.77. The second-order valence-electron chi connectivity index (χ2n) is 19.7. The first-order valence-electron chi connectivity index (χ1n) is 28.4. The number of allylic oxidation sites excluding steroid dienone is 2. The molecule has 0 saturated carbocycles. The Morgan fingerprint density at radius 3 is 1.16 bits per heavy atom. The molecule has 0 aliphatic carbocycles. The number of esters is 1. The van der Waals surface area contributed by atoms with Gasteiger partial charge in [-0.1, -0.05) is 264 Å². The van der Waals surface area contributed by atoms with E-state index < -0.39 is 18.2 Å². The van der Waals surface area contributed by atoms with Crippen LogP contribution >= 0.6 is 0 Å². The quantitative estimate of drug-likeness (QED) is 0.0321. The number of aliphatic hydroxyl groups is 2. The summed E-state index contributed by atoms with van der Waals surface area (Å²) in [6.07, 6.45) is 58.5. The minimum atomic E-state index is -0.784. The first-order chi connectivity index (χ1) is 31.0. The molecule has 3 N–H and O–H groups in total. The van der Waals surface area contributed by atoms with Crippen LogP contribution in [0.2, 0.25) is 0 Å². The van der Waals surface area contributed by atoms with E-state index in [1.54, 1.807) is 0 Å². The van der Waals surface area contributed by atoms with Gasteiger partial charge in [-0.05, 0) is 51.4 Å². The van der Waals surface area contributed by atoms with Crippen LogP contribution in [-0.4, -0.2) is 46.9 Å². The monoisotopic (exact) mass is 890 g/mol. The Hall–Kier alpha value is -1.40. The van der Waals surface area contributed by atoms with E-state index in [9.17, 15) is 19.8 Å². The molecule has 63 heavy (non-hydrogen) atoms. The zero-order chi connectivity index (χ0) is 45.9. The van der Waals surface area contributed by atoms with Crippen molar-refractivity contribution >= 4 is 11.9 Å². The van der Waals surface area contributed by atoms with Crippen LogP contribution in [0, 0.1) is 0 Å². The van der Waals surface area contributed by atoms with Gasteiger partial charge in [0.25, 0.3) is 0 Å². The summed E-state index contributed by atoms with van der Waals surface area (Å²) in [4.78, 5) is 26.2. The largest absolute Gasteiger partial charge is 0.462 e. The maximum Gasteiger partial charge on any atom is 0.306 e. The van der Waals surface area contributed by atoms with Crippen molar-refractivity contribution in [3.8, 4) is 0 Å². The predicted molar refractivity (Wildman–Crippen MR) is 273 cm³/mol. The van der Waals surface area contributed by atoms with Gasteiger partial charge < -0.3 is 20.3 Å². The normalized spacial score (nSPS) is 13.2. The molecular weight excluding hydrogens is 779 g/mol. The van der Waals surface area contributed by atoms with E-state index in [4.69, 9.17) is 4.74 Å². The van der Waals surface area contributed by atoms with E-state index in [2.05, 4.69) is 38.2 Å². The van der Waals surface area contributed by atoms with Gasteiger partial charge in [0.05, 0.1) is 25.2 Å². The van der Waals surface area contributed by atoms with E-state index >= 15 is 0 Å². The van der Waals surface area contributed by atoms with Crippen molar-refractivity contribution in [3.63, 3.8) is 0 Å². The molecular formula is C57H111NO5. The average molecular weight is 891 g/mol. The zero-order valence-corrected chi connectivity index (χ0v) is 42.7. The summed E-state index contributed by atoms with van der Waals surface area (Å²) in [5.74, 6) is -0.463. The number of aliphatic hydroxyl groups excluding tert-OH is 2. The molecule has 0 aliphatic rings. The van der Waals surface area contributed by atoms with Crippen molar-refractivity contribution in [1.82, 2.24) is 5.32 Å². The number of nitrogens with one attached hydrogen (secondary N) is 1. The van der Waals surface area contributed by atoms with Crippen LogP contribution in [0.5, 0.6) is 0 Å². The summed E-state index contributed by atoms with van der Waals surface area (Å²) >= 11 is 0. The van der Waals surface area contributed by atoms with E-state index in [-0.39, 0.29) is 24.9 Å². The Labute approximate surface area is 393 Å². The molecule has 1 amide bonds. The number of amides is 1. The Morgan fingerprint density at radius 2 is 0.762 bits per heavy atom. The summed E-state index contributed by atoms with van der Waals surface area (Å²) < 4.78 is 5.95. The molecule has 0 rings (SSSR count). The van der Waals surface area contributed by atoms with Gasteiger partial charge in [0.2, 0.25) is 5.91 Å². The van der Waals surface area contributed by atoms with Gasteiger partial charge in [-0.2, -0.15) is 0 Å². The molecule has 0 bridgehead atoms. The number of hydrogen-bond acceptors (Lipinski definition) is 5. The van der Waals surface area contributed by atoms with Crippen molar-refractivity contribution in [2.24, 2.45) is 0 Å². The zero-order valence-electron chi connectivity index (χ0n) is 42.7. The SMILES string of the molecule is CCCCC/C=C\CCCCCCCC(=O)OC(CCCCCCCCCCCCCCCCC)CC(=O)NC(CO)C(O)CCCCCCCCCCCCCCCCCCC. The maximum atomic E-state index is 13.2. The summed E-state index contributed by atoms with van der Waals surface area (Å²) in [5.41, 5.74) is 0. The molecule has 6 heteroatoms. The Kier molecular flexibility index (Phi) is 50.4. The third-order valence-corrected chi connectivity index (χ3v) is 13.3.